The predicted octanol–water partition coefficient (Wildman–Crippen LogP) is 2.18. The van der Waals surface area contributed by atoms with Crippen LogP contribution in [-0.4, -0.2) is 26.7 Å². The summed E-state index contributed by atoms with van der Waals surface area (Å²) in [6.45, 7) is 0.630. The molecule has 0 bridgehead atoms. The quantitative estimate of drug-likeness (QED) is 0.643. The van der Waals surface area contributed by atoms with Crippen molar-refractivity contribution in [3.05, 3.63) is 23.8 Å². The molecule has 5 nitrogen and oxygen atoms in total. The molecule has 116 valence electrons. The molecule has 0 radical (unpaired) electrons. The lowest BCUT2D eigenvalue weighted by Crippen LogP contribution is -2.34. The number of nitrogens with two attached hydrogens (primary N) is 2. The van der Waals surface area contributed by atoms with E-state index in [1.165, 1.54) is 24.8 Å². The number of hydrogen-bond acceptors (Lipinski definition) is 3. The van der Waals surface area contributed by atoms with Gasteiger partial charge in [0, 0.05) is 5.41 Å². The first-order chi connectivity index (χ1) is 10.1. The number of rotatable bonds is 5. The SMILES string of the molecule is COc1ccc(C2(CN=C(N)N)CCCCC2)cc1OC. The molecule has 5 heteroatoms. The van der Waals surface area contributed by atoms with E-state index in [9.17, 15) is 0 Å². The number of methoxy groups -OCH3 is 2. The van der Waals surface area contributed by atoms with Crippen LogP contribution in [0.3, 0.4) is 0 Å². The Morgan fingerprint density at radius 1 is 1.10 bits per heavy atom. The molecule has 1 aromatic rings. The van der Waals surface area contributed by atoms with E-state index in [4.69, 9.17) is 20.9 Å². The van der Waals surface area contributed by atoms with Gasteiger partial charge in [0.25, 0.3) is 0 Å². The van der Waals surface area contributed by atoms with Crippen LogP contribution in [0.15, 0.2) is 23.2 Å². The minimum absolute atomic E-state index is 0.00178. The Hall–Kier alpha value is -1.91. The Morgan fingerprint density at radius 2 is 1.76 bits per heavy atom. The maximum Gasteiger partial charge on any atom is 0.185 e. The van der Waals surface area contributed by atoms with E-state index in [0.29, 0.717) is 6.54 Å². The standard InChI is InChI=1S/C16H25N3O2/c1-20-13-7-6-12(10-14(13)21-2)16(11-19-15(17)18)8-4-3-5-9-16/h6-7,10H,3-5,8-9,11H2,1-2H3,(H4,17,18,19). The van der Waals surface area contributed by atoms with Crippen LogP contribution in [0, 0.1) is 0 Å². The summed E-state index contributed by atoms with van der Waals surface area (Å²) in [5.74, 6) is 1.65. The zero-order chi connectivity index (χ0) is 15.3. The highest BCUT2D eigenvalue weighted by molar-refractivity contribution is 5.75. The summed E-state index contributed by atoms with van der Waals surface area (Å²) in [5, 5.41) is 0. The number of guanidine groups is 1. The van der Waals surface area contributed by atoms with E-state index in [1.807, 2.05) is 6.07 Å². The minimum Gasteiger partial charge on any atom is -0.493 e. The van der Waals surface area contributed by atoms with Crippen LogP contribution in [-0.2, 0) is 5.41 Å². The summed E-state index contributed by atoms with van der Waals surface area (Å²) >= 11 is 0. The highest BCUT2D eigenvalue weighted by Gasteiger charge is 2.34. The third kappa shape index (κ3) is 3.40. The summed E-state index contributed by atoms with van der Waals surface area (Å²) < 4.78 is 10.7. The monoisotopic (exact) mass is 291 g/mol. The van der Waals surface area contributed by atoms with Crippen molar-refractivity contribution in [2.45, 2.75) is 37.5 Å². The zero-order valence-electron chi connectivity index (χ0n) is 12.9. The first kappa shape index (κ1) is 15.5. The summed E-state index contributed by atoms with van der Waals surface area (Å²) in [6.07, 6.45) is 5.87. The van der Waals surface area contributed by atoms with E-state index in [-0.39, 0.29) is 11.4 Å². The average molecular weight is 291 g/mol. The molecule has 1 aromatic carbocycles. The van der Waals surface area contributed by atoms with Crippen LogP contribution in [0.25, 0.3) is 0 Å². The van der Waals surface area contributed by atoms with Gasteiger partial charge in [-0.3, -0.25) is 4.99 Å². The van der Waals surface area contributed by atoms with Gasteiger partial charge < -0.3 is 20.9 Å². The van der Waals surface area contributed by atoms with E-state index >= 15 is 0 Å². The van der Waals surface area contributed by atoms with Crippen molar-refractivity contribution in [3.63, 3.8) is 0 Å². The molecule has 1 aliphatic rings. The predicted molar refractivity (Wildman–Crippen MR) is 85.0 cm³/mol. The van der Waals surface area contributed by atoms with Crippen LogP contribution in [0.4, 0.5) is 0 Å². The number of aliphatic imine (C=N–C) groups is 1. The molecule has 21 heavy (non-hydrogen) atoms. The second kappa shape index (κ2) is 6.70. The van der Waals surface area contributed by atoms with Gasteiger partial charge in [-0.05, 0) is 30.5 Å². The van der Waals surface area contributed by atoms with Crippen LogP contribution in [0.5, 0.6) is 11.5 Å². The smallest absolute Gasteiger partial charge is 0.185 e. The van der Waals surface area contributed by atoms with Crippen molar-refractivity contribution in [2.75, 3.05) is 20.8 Å². The molecule has 0 atom stereocenters. The molecule has 0 amide bonds. The Labute approximate surface area is 126 Å². The van der Waals surface area contributed by atoms with Crippen LogP contribution < -0.4 is 20.9 Å². The topological polar surface area (TPSA) is 82.9 Å². The molecule has 1 fully saturated rings. The molecule has 1 aliphatic carbocycles. The van der Waals surface area contributed by atoms with Crippen molar-refractivity contribution in [2.24, 2.45) is 16.5 Å². The maximum atomic E-state index is 5.53. The van der Waals surface area contributed by atoms with Crippen LogP contribution >= 0.6 is 0 Å². The third-order valence-corrected chi connectivity index (χ3v) is 4.37. The second-order valence-electron chi connectivity index (χ2n) is 5.65. The Kier molecular flexibility index (Phi) is 4.94. The zero-order valence-corrected chi connectivity index (χ0v) is 12.9. The van der Waals surface area contributed by atoms with Crippen molar-refractivity contribution in [3.8, 4) is 11.5 Å². The fraction of sp³-hybridized carbons (Fsp3) is 0.562. The lowest BCUT2D eigenvalue weighted by Gasteiger charge is -2.37. The molecule has 0 unspecified atom stereocenters. The van der Waals surface area contributed by atoms with Crippen molar-refractivity contribution in [1.29, 1.82) is 0 Å². The van der Waals surface area contributed by atoms with Crippen LogP contribution in [0.2, 0.25) is 0 Å². The van der Waals surface area contributed by atoms with Gasteiger partial charge in [0.2, 0.25) is 0 Å². The highest BCUT2D eigenvalue weighted by atomic mass is 16.5. The van der Waals surface area contributed by atoms with Gasteiger partial charge in [0.1, 0.15) is 0 Å². The molecular formula is C16H25N3O2. The summed E-state index contributed by atoms with van der Waals surface area (Å²) in [6, 6.07) is 6.13. The third-order valence-electron chi connectivity index (χ3n) is 4.37. The molecule has 1 saturated carbocycles. The van der Waals surface area contributed by atoms with Gasteiger partial charge in [0.05, 0.1) is 20.8 Å². The van der Waals surface area contributed by atoms with E-state index in [1.54, 1.807) is 14.2 Å². The van der Waals surface area contributed by atoms with E-state index in [0.717, 1.165) is 24.3 Å². The van der Waals surface area contributed by atoms with E-state index < -0.39 is 0 Å². The number of nitrogens with zero attached hydrogens (tertiary/aromatic N) is 1. The molecule has 0 spiro atoms. The van der Waals surface area contributed by atoms with Crippen molar-refractivity contribution < 1.29 is 9.47 Å². The van der Waals surface area contributed by atoms with Crippen molar-refractivity contribution in [1.82, 2.24) is 0 Å². The first-order valence-electron chi connectivity index (χ1n) is 7.39. The van der Waals surface area contributed by atoms with Gasteiger partial charge >= 0.3 is 0 Å². The largest absolute Gasteiger partial charge is 0.493 e. The maximum absolute atomic E-state index is 5.53. The van der Waals surface area contributed by atoms with Gasteiger partial charge in [-0.2, -0.15) is 0 Å². The van der Waals surface area contributed by atoms with Gasteiger partial charge in [-0.15, -0.1) is 0 Å². The average Bonchev–Trinajstić information content (AvgIpc) is 2.53. The fourth-order valence-corrected chi connectivity index (χ4v) is 3.18. The second-order valence-corrected chi connectivity index (χ2v) is 5.65. The number of ether oxygens (including phenoxy) is 2. The number of hydrogen-bond donors (Lipinski definition) is 2. The lowest BCUT2D eigenvalue weighted by atomic mass is 9.69. The van der Waals surface area contributed by atoms with Crippen molar-refractivity contribution >= 4 is 5.96 Å². The molecular weight excluding hydrogens is 266 g/mol. The normalized spacial score (nSPS) is 17.0. The van der Waals surface area contributed by atoms with Gasteiger partial charge in [0.15, 0.2) is 17.5 Å². The summed E-state index contributed by atoms with van der Waals surface area (Å²) in [4.78, 5) is 4.30. The summed E-state index contributed by atoms with van der Waals surface area (Å²) in [7, 11) is 3.30. The molecule has 0 saturated heterocycles. The Morgan fingerprint density at radius 3 is 2.33 bits per heavy atom. The first-order valence-corrected chi connectivity index (χ1v) is 7.39. The molecule has 4 N–H and O–H groups in total. The fourth-order valence-electron chi connectivity index (χ4n) is 3.18. The Bertz CT molecular complexity index is 504. The lowest BCUT2D eigenvalue weighted by molar-refractivity contribution is 0.298. The van der Waals surface area contributed by atoms with E-state index in [2.05, 4.69) is 17.1 Å². The minimum atomic E-state index is 0.00178. The van der Waals surface area contributed by atoms with Crippen LogP contribution in [0.1, 0.15) is 37.7 Å². The Balaban J connectivity index is 2.38. The number of benzene rings is 1. The highest BCUT2D eigenvalue weighted by Crippen LogP contribution is 2.42. The molecule has 0 heterocycles. The van der Waals surface area contributed by atoms with Gasteiger partial charge in [-0.25, -0.2) is 0 Å². The summed E-state index contributed by atoms with van der Waals surface area (Å²) in [5.41, 5.74) is 12.3. The molecule has 0 aromatic heterocycles. The van der Waals surface area contributed by atoms with Gasteiger partial charge in [-0.1, -0.05) is 25.3 Å². The molecule has 0 aliphatic heterocycles. The molecule has 2 rings (SSSR count).